The molecule has 0 atom stereocenters. The van der Waals surface area contributed by atoms with Gasteiger partial charge >= 0.3 is 0 Å². The predicted molar refractivity (Wildman–Crippen MR) is 157 cm³/mol. The van der Waals surface area contributed by atoms with Gasteiger partial charge in [0.05, 0.1) is 11.4 Å². The molecule has 41 heavy (non-hydrogen) atoms. The predicted octanol–water partition coefficient (Wildman–Crippen LogP) is 4.52. The number of hydrogen-bond acceptors (Lipinski definition) is 10. The first kappa shape index (κ1) is 26.7. The molecule has 0 saturated carbocycles. The van der Waals surface area contributed by atoms with Crippen molar-refractivity contribution in [1.29, 1.82) is 5.26 Å². The second kappa shape index (κ2) is 10.8. The Kier molecular flexibility index (Phi) is 7.07. The first-order valence-electron chi connectivity index (χ1n) is 12.8. The number of nitrogens with one attached hydrogen (secondary N) is 1. The summed E-state index contributed by atoms with van der Waals surface area (Å²) in [6.45, 7) is 4.84. The molecule has 1 fully saturated rings. The second-order valence-electron chi connectivity index (χ2n) is 9.42. The maximum absolute atomic E-state index is 13.6. The number of nitriles is 1. The van der Waals surface area contributed by atoms with Crippen molar-refractivity contribution in [2.24, 2.45) is 0 Å². The Balaban J connectivity index is 1.34. The summed E-state index contributed by atoms with van der Waals surface area (Å²) in [6.07, 6.45) is 1.71. The second-order valence-corrected chi connectivity index (χ2v) is 11.1. The van der Waals surface area contributed by atoms with Gasteiger partial charge in [-0.1, -0.05) is 36.1 Å². The highest BCUT2D eigenvalue weighted by molar-refractivity contribution is 8.26. The van der Waals surface area contributed by atoms with Gasteiger partial charge in [-0.05, 0) is 60.9 Å². The van der Waals surface area contributed by atoms with Crippen molar-refractivity contribution in [3.05, 3.63) is 79.5 Å². The molecule has 1 aromatic heterocycles. The molecule has 4 heterocycles. The zero-order valence-electron chi connectivity index (χ0n) is 22.2. The van der Waals surface area contributed by atoms with Crippen molar-refractivity contribution in [3.8, 4) is 29.1 Å². The largest absolute Gasteiger partial charge is 0.454 e. The number of pyridine rings is 1. The molecule has 1 N–H and O–H groups in total. The Morgan fingerprint density at radius 3 is 2.32 bits per heavy atom. The van der Waals surface area contributed by atoms with Crippen molar-refractivity contribution in [2.45, 2.75) is 33.5 Å². The molecule has 0 aliphatic carbocycles. The first-order valence-corrected chi connectivity index (χ1v) is 14.0. The van der Waals surface area contributed by atoms with Crippen LogP contribution in [0.2, 0.25) is 0 Å². The van der Waals surface area contributed by atoms with Crippen LogP contribution in [0.5, 0.6) is 23.0 Å². The highest BCUT2D eigenvalue weighted by Gasteiger charge is 2.33. The number of ether oxygens (including phenoxy) is 4. The van der Waals surface area contributed by atoms with Gasteiger partial charge in [-0.25, -0.2) is 0 Å². The van der Waals surface area contributed by atoms with Gasteiger partial charge in [-0.3, -0.25) is 19.1 Å². The fourth-order valence-corrected chi connectivity index (χ4v) is 6.12. The molecule has 0 spiro atoms. The van der Waals surface area contributed by atoms with Crippen LogP contribution in [0, 0.1) is 18.3 Å². The SMILES string of the molecule is CCn1c(NCc2ccc3c(c2)OCO3)c(/C=C2/SC(=S)N(Cc3ccc4c(c3)OCO4)C2=O)c(C)c(C#N)c1=O. The summed E-state index contributed by atoms with van der Waals surface area (Å²) >= 11 is 6.76. The number of thiocarbonyl (C=S) groups is 1. The quantitative estimate of drug-likeness (QED) is 0.312. The fraction of sp³-hybridized carbons (Fsp3) is 0.241. The van der Waals surface area contributed by atoms with Gasteiger partial charge in [0.1, 0.15) is 21.8 Å². The lowest BCUT2D eigenvalue weighted by atomic mass is 10.0. The van der Waals surface area contributed by atoms with Crippen LogP contribution in [-0.2, 0) is 24.4 Å². The summed E-state index contributed by atoms with van der Waals surface area (Å²) in [5.74, 6) is 2.87. The van der Waals surface area contributed by atoms with Gasteiger partial charge in [-0.15, -0.1) is 0 Å². The molecule has 3 aliphatic rings. The van der Waals surface area contributed by atoms with Crippen molar-refractivity contribution in [3.63, 3.8) is 0 Å². The first-order chi connectivity index (χ1) is 19.9. The van der Waals surface area contributed by atoms with E-state index >= 15 is 0 Å². The van der Waals surface area contributed by atoms with E-state index in [2.05, 4.69) is 5.32 Å². The van der Waals surface area contributed by atoms with E-state index < -0.39 is 5.56 Å². The molecular formula is C29H24N4O6S2. The lowest BCUT2D eigenvalue weighted by Gasteiger charge is -2.19. The molecule has 10 nitrogen and oxygen atoms in total. The van der Waals surface area contributed by atoms with Crippen LogP contribution in [0.1, 0.15) is 34.7 Å². The maximum atomic E-state index is 13.6. The van der Waals surface area contributed by atoms with E-state index in [1.54, 1.807) is 13.0 Å². The zero-order chi connectivity index (χ0) is 28.7. The monoisotopic (exact) mass is 588 g/mol. The van der Waals surface area contributed by atoms with Gasteiger partial charge in [0.15, 0.2) is 23.0 Å². The minimum atomic E-state index is -0.395. The Morgan fingerprint density at radius 2 is 1.66 bits per heavy atom. The molecular weight excluding hydrogens is 564 g/mol. The number of amides is 1. The molecule has 2 aromatic carbocycles. The van der Waals surface area contributed by atoms with Crippen LogP contribution in [0.3, 0.4) is 0 Å². The summed E-state index contributed by atoms with van der Waals surface area (Å²) in [7, 11) is 0. The number of carbonyl (C=O) groups excluding carboxylic acids is 1. The molecule has 0 unspecified atom stereocenters. The van der Waals surface area contributed by atoms with E-state index in [9.17, 15) is 14.9 Å². The maximum Gasteiger partial charge on any atom is 0.270 e. The third-order valence-corrected chi connectivity index (χ3v) is 8.39. The third-order valence-electron chi connectivity index (χ3n) is 7.01. The molecule has 208 valence electrons. The van der Waals surface area contributed by atoms with Crippen molar-refractivity contribution in [2.75, 3.05) is 18.9 Å². The number of thioether (sulfide) groups is 1. The minimum absolute atomic E-state index is 0.0302. The molecule has 3 aliphatic heterocycles. The third kappa shape index (κ3) is 4.87. The van der Waals surface area contributed by atoms with Crippen LogP contribution in [0.4, 0.5) is 5.82 Å². The van der Waals surface area contributed by atoms with Gasteiger partial charge in [0.25, 0.3) is 11.5 Å². The standard InChI is InChI=1S/C29H24N4O6S2/c1-3-32-26(31-12-17-4-6-21-23(8-17)38-14-36-21)19(16(2)20(11-30)27(32)34)10-25-28(35)33(29(40)41-25)13-18-5-7-22-24(9-18)39-15-37-22/h4-10,31H,3,12-15H2,1-2H3/b25-10+. The molecule has 3 aromatic rings. The summed E-state index contributed by atoms with van der Waals surface area (Å²) in [4.78, 5) is 28.7. The number of hydrogen-bond donors (Lipinski definition) is 1. The number of aromatic nitrogens is 1. The number of benzene rings is 2. The van der Waals surface area contributed by atoms with E-state index in [0.717, 1.165) is 11.1 Å². The summed E-state index contributed by atoms with van der Waals surface area (Å²) in [6, 6.07) is 13.2. The summed E-state index contributed by atoms with van der Waals surface area (Å²) in [5.41, 5.74) is 2.45. The van der Waals surface area contributed by atoms with Gasteiger partial charge in [0.2, 0.25) is 13.6 Å². The van der Waals surface area contributed by atoms with Crippen LogP contribution in [-0.4, -0.2) is 33.3 Å². The summed E-state index contributed by atoms with van der Waals surface area (Å²) < 4.78 is 23.7. The molecule has 1 saturated heterocycles. The Morgan fingerprint density at radius 1 is 1.02 bits per heavy atom. The highest BCUT2D eigenvalue weighted by Crippen LogP contribution is 2.38. The van der Waals surface area contributed by atoms with Crippen molar-refractivity contribution < 1.29 is 23.7 Å². The Labute approximate surface area is 245 Å². The van der Waals surface area contributed by atoms with Gasteiger partial charge in [0, 0.05) is 18.7 Å². The molecule has 12 heteroatoms. The Hall–Kier alpha value is -4.47. The van der Waals surface area contributed by atoms with Crippen molar-refractivity contribution >= 4 is 46.1 Å². The number of fused-ring (bicyclic) bond motifs is 2. The lowest BCUT2D eigenvalue weighted by Crippen LogP contribution is -2.28. The van der Waals surface area contributed by atoms with Crippen LogP contribution in [0.25, 0.3) is 6.08 Å². The highest BCUT2D eigenvalue weighted by atomic mass is 32.2. The Bertz CT molecular complexity index is 1740. The summed E-state index contributed by atoms with van der Waals surface area (Å²) in [5, 5.41) is 13.2. The zero-order valence-corrected chi connectivity index (χ0v) is 23.8. The lowest BCUT2D eigenvalue weighted by molar-refractivity contribution is -0.122. The van der Waals surface area contributed by atoms with E-state index in [1.165, 1.54) is 21.2 Å². The van der Waals surface area contributed by atoms with E-state index in [-0.39, 0.29) is 31.6 Å². The number of rotatable bonds is 7. The number of carbonyl (C=O) groups is 1. The molecule has 1 amide bonds. The van der Waals surface area contributed by atoms with E-state index in [1.807, 2.05) is 49.4 Å². The van der Waals surface area contributed by atoms with E-state index in [4.69, 9.17) is 31.2 Å². The van der Waals surface area contributed by atoms with E-state index in [0.29, 0.717) is 62.3 Å². The molecule has 0 bridgehead atoms. The molecule has 0 radical (unpaired) electrons. The van der Waals surface area contributed by atoms with Gasteiger partial charge < -0.3 is 24.3 Å². The van der Waals surface area contributed by atoms with Crippen LogP contribution in [0.15, 0.2) is 46.1 Å². The van der Waals surface area contributed by atoms with Crippen molar-refractivity contribution in [1.82, 2.24) is 9.47 Å². The average Bonchev–Trinajstić information content (AvgIpc) is 3.69. The average molecular weight is 589 g/mol. The number of anilines is 1. The topological polar surface area (TPSA) is 115 Å². The fourth-order valence-electron chi connectivity index (χ4n) is 4.88. The normalized spacial score (nSPS) is 16.0. The van der Waals surface area contributed by atoms with Crippen LogP contribution >= 0.6 is 24.0 Å². The number of nitrogens with zero attached hydrogens (tertiary/aromatic N) is 3. The smallest absolute Gasteiger partial charge is 0.270 e. The molecule has 6 rings (SSSR count). The van der Waals surface area contributed by atoms with Crippen LogP contribution < -0.4 is 29.8 Å². The van der Waals surface area contributed by atoms with Gasteiger partial charge in [-0.2, -0.15) is 5.26 Å². The minimum Gasteiger partial charge on any atom is -0.454 e.